The van der Waals surface area contributed by atoms with E-state index >= 15 is 0 Å². The van der Waals surface area contributed by atoms with Crippen molar-refractivity contribution in [3.63, 3.8) is 0 Å². The lowest BCUT2D eigenvalue weighted by Gasteiger charge is -2.21. The van der Waals surface area contributed by atoms with Crippen molar-refractivity contribution in [2.24, 2.45) is 0 Å². The van der Waals surface area contributed by atoms with Crippen molar-refractivity contribution < 1.29 is 24.6 Å². The van der Waals surface area contributed by atoms with E-state index in [0.717, 1.165) is 17.3 Å². The molecular weight excluding hydrogens is 292 g/mol. The smallest absolute Gasteiger partial charge is 0.326 e. The molecule has 1 unspecified atom stereocenters. The SMILES string of the molecule is O=C(O)C[C@@H](NC(=O)NCC1CSCCS1)C(=O)O. The molecule has 7 nitrogen and oxygen atoms in total. The van der Waals surface area contributed by atoms with E-state index in [1.54, 1.807) is 11.8 Å². The number of urea groups is 1. The molecular formula is C10H16N2O5S2. The zero-order valence-electron chi connectivity index (χ0n) is 10.1. The summed E-state index contributed by atoms with van der Waals surface area (Å²) in [5.74, 6) is 0.456. The molecule has 1 aliphatic heterocycles. The van der Waals surface area contributed by atoms with Crippen LogP contribution < -0.4 is 10.6 Å². The quantitative estimate of drug-likeness (QED) is 0.548. The third-order valence-electron chi connectivity index (χ3n) is 2.36. The Morgan fingerprint density at radius 1 is 1.26 bits per heavy atom. The molecule has 0 bridgehead atoms. The Labute approximate surface area is 118 Å². The van der Waals surface area contributed by atoms with E-state index in [4.69, 9.17) is 10.2 Å². The summed E-state index contributed by atoms with van der Waals surface area (Å²) in [6.45, 7) is 0.447. The number of thioether (sulfide) groups is 2. The number of carbonyl (C=O) groups excluding carboxylic acids is 1. The van der Waals surface area contributed by atoms with Crippen molar-refractivity contribution in [1.29, 1.82) is 0 Å². The van der Waals surface area contributed by atoms with Gasteiger partial charge in [-0.2, -0.15) is 23.5 Å². The number of carbonyl (C=O) groups is 3. The Morgan fingerprint density at radius 2 is 2.00 bits per heavy atom. The molecule has 0 aromatic rings. The predicted octanol–water partition coefficient (Wildman–Crippen LogP) is 0.0621. The molecule has 1 fully saturated rings. The molecule has 0 saturated carbocycles. The van der Waals surface area contributed by atoms with E-state index in [2.05, 4.69) is 10.6 Å². The molecule has 1 saturated heterocycles. The number of amides is 2. The minimum Gasteiger partial charge on any atom is -0.481 e. The maximum atomic E-state index is 11.5. The minimum atomic E-state index is -1.41. The van der Waals surface area contributed by atoms with Crippen LogP contribution in [-0.2, 0) is 9.59 Å². The fourth-order valence-electron chi connectivity index (χ4n) is 1.44. The number of nitrogens with one attached hydrogen (secondary N) is 2. The van der Waals surface area contributed by atoms with Gasteiger partial charge in [-0.1, -0.05) is 0 Å². The molecule has 1 rings (SSSR count). The second-order valence-electron chi connectivity index (χ2n) is 3.91. The predicted molar refractivity (Wildman–Crippen MR) is 73.8 cm³/mol. The number of rotatable bonds is 6. The number of hydrogen-bond donors (Lipinski definition) is 4. The highest BCUT2D eigenvalue weighted by atomic mass is 32.2. The second-order valence-corrected chi connectivity index (χ2v) is 6.47. The van der Waals surface area contributed by atoms with Gasteiger partial charge >= 0.3 is 18.0 Å². The highest BCUT2D eigenvalue weighted by molar-refractivity contribution is 8.06. The summed E-state index contributed by atoms with van der Waals surface area (Å²) in [5, 5.41) is 22.3. The molecule has 0 aromatic heterocycles. The van der Waals surface area contributed by atoms with Crippen LogP contribution in [0.2, 0.25) is 0 Å². The Balaban J connectivity index is 2.31. The van der Waals surface area contributed by atoms with Gasteiger partial charge < -0.3 is 20.8 Å². The summed E-state index contributed by atoms with van der Waals surface area (Å²) in [6.07, 6.45) is -0.642. The summed E-state index contributed by atoms with van der Waals surface area (Å²) in [5.41, 5.74) is 0. The summed E-state index contributed by atoms with van der Waals surface area (Å²) in [6, 6.07) is -2.06. The van der Waals surface area contributed by atoms with E-state index in [0.29, 0.717) is 11.8 Å². The first-order valence-electron chi connectivity index (χ1n) is 5.67. The van der Waals surface area contributed by atoms with Crippen LogP contribution >= 0.6 is 23.5 Å². The molecule has 2 amide bonds. The number of carboxylic acid groups (broad SMARTS) is 2. The summed E-state index contributed by atoms with van der Waals surface area (Å²) < 4.78 is 0. The van der Waals surface area contributed by atoms with Gasteiger partial charge in [0.25, 0.3) is 0 Å². The molecule has 0 spiro atoms. The number of carboxylic acids is 2. The van der Waals surface area contributed by atoms with E-state index in [1.807, 2.05) is 11.8 Å². The van der Waals surface area contributed by atoms with E-state index in [1.165, 1.54) is 0 Å². The van der Waals surface area contributed by atoms with Gasteiger partial charge in [0.05, 0.1) is 6.42 Å². The van der Waals surface area contributed by atoms with Crippen molar-refractivity contribution in [2.45, 2.75) is 17.7 Å². The van der Waals surface area contributed by atoms with Crippen LogP contribution in [0.25, 0.3) is 0 Å². The zero-order valence-corrected chi connectivity index (χ0v) is 11.8. The maximum Gasteiger partial charge on any atom is 0.326 e. The molecule has 4 N–H and O–H groups in total. The van der Waals surface area contributed by atoms with Gasteiger partial charge in [0.1, 0.15) is 6.04 Å². The molecule has 2 atom stereocenters. The summed E-state index contributed by atoms with van der Waals surface area (Å²) in [4.78, 5) is 32.7. The normalized spacial score (nSPS) is 20.3. The molecule has 9 heteroatoms. The Morgan fingerprint density at radius 3 is 2.53 bits per heavy atom. The lowest BCUT2D eigenvalue weighted by Crippen LogP contribution is -2.48. The lowest BCUT2D eigenvalue weighted by atomic mass is 10.2. The first kappa shape index (κ1) is 16.0. The number of hydrogen-bond acceptors (Lipinski definition) is 5. The average molecular weight is 308 g/mol. The Bertz CT molecular complexity index is 347. The van der Waals surface area contributed by atoms with Crippen LogP contribution in [0, 0.1) is 0 Å². The van der Waals surface area contributed by atoms with Crippen molar-refractivity contribution in [3.8, 4) is 0 Å². The highest BCUT2D eigenvalue weighted by Crippen LogP contribution is 2.23. The van der Waals surface area contributed by atoms with Gasteiger partial charge in [-0.15, -0.1) is 0 Å². The third kappa shape index (κ3) is 6.58. The molecule has 1 heterocycles. The molecule has 0 aromatic carbocycles. The van der Waals surface area contributed by atoms with E-state index in [-0.39, 0.29) is 0 Å². The molecule has 108 valence electrons. The topological polar surface area (TPSA) is 116 Å². The fraction of sp³-hybridized carbons (Fsp3) is 0.700. The summed E-state index contributed by atoms with van der Waals surface area (Å²) >= 11 is 3.58. The van der Waals surface area contributed by atoms with Crippen LogP contribution in [0.4, 0.5) is 4.79 Å². The van der Waals surface area contributed by atoms with Crippen LogP contribution in [0.3, 0.4) is 0 Å². The van der Waals surface area contributed by atoms with E-state index < -0.39 is 30.4 Å². The average Bonchev–Trinajstić information content (AvgIpc) is 2.36. The fourth-order valence-corrected chi connectivity index (χ4v) is 4.06. The zero-order chi connectivity index (χ0) is 14.3. The van der Waals surface area contributed by atoms with Crippen LogP contribution in [0.5, 0.6) is 0 Å². The monoisotopic (exact) mass is 308 g/mol. The van der Waals surface area contributed by atoms with Crippen molar-refractivity contribution >= 4 is 41.5 Å². The Hall–Kier alpha value is -1.09. The Kier molecular flexibility index (Phi) is 6.85. The molecule has 19 heavy (non-hydrogen) atoms. The van der Waals surface area contributed by atoms with Gasteiger partial charge in [-0.05, 0) is 0 Å². The number of aliphatic carboxylic acids is 2. The standard InChI is InChI=1S/C10H16N2O5S2/c13-8(14)3-7(9(15)16)12-10(17)11-4-6-5-18-1-2-19-6/h6-7H,1-5H2,(H,13,14)(H,15,16)(H2,11,12,17)/t6?,7-/m1/s1. The first-order valence-corrected chi connectivity index (χ1v) is 7.87. The second kappa shape index (κ2) is 8.16. The van der Waals surface area contributed by atoms with Crippen LogP contribution in [-0.4, -0.2) is 63.3 Å². The molecule has 1 aliphatic rings. The summed E-state index contributed by atoms with van der Waals surface area (Å²) in [7, 11) is 0. The van der Waals surface area contributed by atoms with Gasteiger partial charge in [0.2, 0.25) is 0 Å². The minimum absolute atomic E-state index is 0.312. The molecule has 0 aliphatic carbocycles. The molecule has 0 radical (unpaired) electrons. The van der Waals surface area contributed by atoms with Crippen molar-refractivity contribution in [1.82, 2.24) is 10.6 Å². The van der Waals surface area contributed by atoms with Crippen molar-refractivity contribution in [2.75, 3.05) is 23.8 Å². The van der Waals surface area contributed by atoms with Gasteiger partial charge in [0.15, 0.2) is 0 Å². The lowest BCUT2D eigenvalue weighted by molar-refractivity contribution is -0.145. The van der Waals surface area contributed by atoms with Gasteiger partial charge in [-0.25, -0.2) is 9.59 Å². The third-order valence-corrected chi connectivity index (χ3v) is 5.20. The highest BCUT2D eigenvalue weighted by Gasteiger charge is 2.23. The van der Waals surface area contributed by atoms with Crippen LogP contribution in [0.1, 0.15) is 6.42 Å². The maximum absolute atomic E-state index is 11.5. The van der Waals surface area contributed by atoms with Crippen LogP contribution in [0.15, 0.2) is 0 Å². The van der Waals surface area contributed by atoms with Gasteiger partial charge in [-0.3, -0.25) is 4.79 Å². The van der Waals surface area contributed by atoms with Gasteiger partial charge in [0, 0.05) is 29.1 Å². The van der Waals surface area contributed by atoms with Crippen molar-refractivity contribution in [3.05, 3.63) is 0 Å². The first-order chi connectivity index (χ1) is 8.99. The largest absolute Gasteiger partial charge is 0.481 e. The van der Waals surface area contributed by atoms with E-state index in [9.17, 15) is 14.4 Å².